The SMILES string of the molecule is COc1cc(C)ccc1NS(=O)O. The molecule has 72 valence electrons. The Morgan fingerprint density at radius 3 is 2.77 bits per heavy atom. The van der Waals surface area contributed by atoms with Crippen LogP contribution in [0.25, 0.3) is 0 Å². The maximum atomic E-state index is 10.5. The van der Waals surface area contributed by atoms with E-state index in [1.807, 2.05) is 13.0 Å². The monoisotopic (exact) mass is 201 g/mol. The van der Waals surface area contributed by atoms with Crippen LogP contribution in [0.15, 0.2) is 18.2 Å². The van der Waals surface area contributed by atoms with Crippen LogP contribution in [0.2, 0.25) is 0 Å². The number of hydrogen-bond acceptors (Lipinski definition) is 2. The van der Waals surface area contributed by atoms with Crippen LogP contribution in [0.5, 0.6) is 5.75 Å². The molecule has 0 radical (unpaired) electrons. The molecule has 0 bridgehead atoms. The van der Waals surface area contributed by atoms with Crippen molar-refractivity contribution in [2.45, 2.75) is 6.92 Å². The molecule has 0 amide bonds. The first-order valence-corrected chi connectivity index (χ1v) is 4.76. The first kappa shape index (κ1) is 10.0. The van der Waals surface area contributed by atoms with Gasteiger partial charge in [-0.15, -0.1) is 0 Å². The van der Waals surface area contributed by atoms with Crippen LogP contribution in [-0.4, -0.2) is 15.9 Å². The molecule has 0 saturated carbocycles. The Bertz CT molecular complexity index is 327. The molecule has 0 aliphatic carbocycles. The molecule has 5 heteroatoms. The fourth-order valence-electron chi connectivity index (χ4n) is 0.977. The van der Waals surface area contributed by atoms with Crippen LogP contribution in [-0.2, 0) is 11.3 Å². The molecule has 1 atom stereocenters. The normalized spacial score (nSPS) is 12.2. The number of hydrogen-bond donors (Lipinski definition) is 2. The van der Waals surface area contributed by atoms with Gasteiger partial charge in [0.25, 0.3) is 11.3 Å². The zero-order valence-corrected chi connectivity index (χ0v) is 8.22. The molecule has 0 saturated heterocycles. The molecule has 1 unspecified atom stereocenters. The number of rotatable bonds is 3. The van der Waals surface area contributed by atoms with E-state index in [-0.39, 0.29) is 0 Å². The Labute approximate surface area is 79.3 Å². The Morgan fingerprint density at radius 1 is 1.54 bits per heavy atom. The molecule has 1 rings (SSSR count). The molecular weight excluding hydrogens is 190 g/mol. The zero-order valence-electron chi connectivity index (χ0n) is 7.40. The third-order valence-electron chi connectivity index (χ3n) is 1.55. The standard InChI is InChI=1S/C8H11NO3S/c1-6-3-4-7(9-13(10)11)8(5-6)12-2/h3-5,9H,1-2H3,(H,10,11). The summed E-state index contributed by atoms with van der Waals surface area (Å²) in [5, 5.41) is 0. The van der Waals surface area contributed by atoms with Crippen molar-refractivity contribution in [3.05, 3.63) is 23.8 Å². The lowest BCUT2D eigenvalue weighted by atomic mass is 10.2. The average Bonchev–Trinajstić information content (AvgIpc) is 2.07. The molecular formula is C8H11NO3S. The molecule has 0 aromatic heterocycles. The summed E-state index contributed by atoms with van der Waals surface area (Å²) < 4.78 is 26.4. The van der Waals surface area contributed by atoms with Crippen molar-refractivity contribution in [1.82, 2.24) is 0 Å². The summed E-state index contributed by atoms with van der Waals surface area (Å²) in [4.78, 5) is 0. The quantitative estimate of drug-likeness (QED) is 0.729. The summed E-state index contributed by atoms with van der Waals surface area (Å²) in [7, 11) is 1.51. The van der Waals surface area contributed by atoms with Crippen molar-refractivity contribution in [3.8, 4) is 5.75 Å². The van der Waals surface area contributed by atoms with Crippen LogP contribution in [0.3, 0.4) is 0 Å². The van der Waals surface area contributed by atoms with Crippen molar-refractivity contribution in [2.75, 3.05) is 11.8 Å². The van der Waals surface area contributed by atoms with E-state index in [1.165, 1.54) is 7.11 Å². The highest BCUT2D eigenvalue weighted by molar-refractivity contribution is 7.80. The van der Waals surface area contributed by atoms with Gasteiger partial charge in [-0.25, -0.2) is 4.21 Å². The van der Waals surface area contributed by atoms with Crippen LogP contribution < -0.4 is 9.46 Å². The third kappa shape index (κ3) is 2.71. The molecule has 0 fully saturated rings. The molecule has 0 heterocycles. The first-order chi connectivity index (χ1) is 6.13. The summed E-state index contributed by atoms with van der Waals surface area (Å²) in [6.45, 7) is 1.92. The number of nitrogens with one attached hydrogen (secondary N) is 1. The summed E-state index contributed by atoms with van der Waals surface area (Å²) >= 11 is -2.07. The van der Waals surface area contributed by atoms with Gasteiger partial charge in [-0.05, 0) is 24.6 Å². The highest BCUT2D eigenvalue weighted by Gasteiger charge is 2.03. The van der Waals surface area contributed by atoms with Crippen LogP contribution in [0.1, 0.15) is 5.56 Å². The van der Waals surface area contributed by atoms with E-state index in [4.69, 9.17) is 9.29 Å². The predicted molar refractivity (Wildman–Crippen MR) is 52.1 cm³/mol. The van der Waals surface area contributed by atoms with Gasteiger partial charge < -0.3 is 4.74 Å². The lowest BCUT2D eigenvalue weighted by Crippen LogP contribution is -2.03. The van der Waals surface area contributed by atoms with Gasteiger partial charge in [0.05, 0.1) is 12.8 Å². The number of methoxy groups -OCH3 is 1. The number of ether oxygens (including phenoxy) is 1. The fourth-order valence-corrected chi connectivity index (χ4v) is 1.33. The smallest absolute Gasteiger partial charge is 0.259 e. The average molecular weight is 201 g/mol. The summed E-state index contributed by atoms with van der Waals surface area (Å²) in [6, 6.07) is 5.31. The van der Waals surface area contributed by atoms with Crippen molar-refractivity contribution < 1.29 is 13.5 Å². The summed E-state index contributed by atoms with van der Waals surface area (Å²) in [6.07, 6.45) is 0. The Balaban J connectivity index is 2.99. The highest BCUT2D eigenvalue weighted by Crippen LogP contribution is 2.25. The van der Waals surface area contributed by atoms with E-state index in [0.717, 1.165) is 5.56 Å². The maximum absolute atomic E-state index is 10.5. The van der Waals surface area contributed by atoms with Gasteiger partial charge in [0.2, 0.25) is 0 Å². The second kappa shape index (κ2) is 4.25. The number of benzene rings is 1. The maximum Gasteiger partial charge on any atom is 0.259 e. The van der Waals surface area contributed by atoms with Crippen LogP contribution in [0.4, 0.5) is 5.69 Å². The van der Waals surface area contributed by atoms with E-state index in [0.29, 0.717) is 11.4 Å². The number of anilines is 1. The van der Waals surface area contributed by atoms with E-state index >= 15 is 0 Å². The topological polar surface area (TPSA) is 58.6 Å². The van der Waals surface area contributed by atoms with Crippen LogP contribution in [0, 0.1) is 6.92 Å². The van der Waals surface area contributed by atoms with Crippen molar-refractivity contribution in [3.63, 3.8) is 0 Å². The van der Waals surface area contributed by atoms with Crippen molar-refractivity contribution in [2.24, 2.45) is 0 Å². The highest BCUT2D eigenvalue weighted by atomic mass is 32.2. The molecule has 13 heavy (non-hydrogen) atoms. The van der Waals surface area contributed by atoms with Gasteiger partial charge >= 0.3 is 0 Å². The zero-order chi connectivity index (χ0) is 9.84. The summed E-state index contributed by atoms with van der Waals surface area (Å²) in [5.41, 5.74) is 1.54. The van der Waals surface area contributed by atoms with Gasteiger partial charge in [-0.2, -0.15) is 0 Å². The van der Waals surface area contributed by atoms with Gasteiger partial charge in [0.1, 0.15) is 5.75 Å². The van der Waals surface area contributed by atoms with E-state index < -0.39 is 11.3 Å². The second-order valence-corrected chi connectivity index (χ2v) is 3.26. The third-order valence-corrected chi connectivity index (χ3v) is 1.95. The first-order valence-electron chi connectivity index (χ1n) is 3.65. The van der Waals surface area contributed by atoms with Crippen LogP contribution >= 0.6 is 0 Å². The van der Waals surface area contributed by atoms with Gasteiger partial charge in [0.15, 0.2) is 0 Å². The van der Waals surface area contributed by atoms with Gasteiger partial charge in [-0.1, -0.05) is 6.07 Å². The lowest BCUT2D eigenvalue weighted by molar-refractivity contribution is 0.416. The molecule has 0 aliphatic rings. The fraction of sp³-hybridized carbons (Fsp3) is 0.250. The molecule has 1 aromatic rings. The van der Waals surface area contributed by atoms with Crippen molar-refractivity contribution in [1.29, 1.82) is 0 Å². The minimum Gasteiger partial charge on any atom is -0.495 e. The number of aryl methyl sites for hydroxylation is 1. The minimum atomic E-state index is -2.07. The van der Waals surface area contributed by atoms with Gasteiger partial charge in [0, 0.05) is 0 Å². The predicted octanol–water partition coefficient (Wildman–Crippen LogP) is 1.55. The van der Waals surface area contributed by atoms with E-state index in [9.17, 15) is 4.21 Å². The van der Waals surface area contributed by atoms with Gasteiger partial charge in [-0.3, -0.25) is 9.27 Å². The molecule has 4 nitrogen and oxygen atoms in total. The molecule has 1 aromatic carbocycles. The molecule has 2 N–H and O–H groups in total. The largest absolute Gasteiger partial charge is 0.495 e. The lowest BCUT2D eigenvalue weighted by Gasteiger charge is -2.08. The molecule has 0 spiro atoms. The minimum absolute atomic E-state index is 0.508. The Hall–Kier alpha value is -1.07. The second-order valence-electron chi connectivity index (χ2n) is 2.55. The molecule has 0 aliphatic heterocycles. The Kier molecular flexibility index (Phi) is 3.27. The summed E-state index contributed by atoms with van der Waals surface area (Å²) in [5.74, 6) is 0.558. The van der Waals surface area contributed by atoms with Crippen molar-refractivity contribution >= 4 is 17.0 Å². The van der Waals surface area contributed by atoms with E-state index in [1.54, 1.807) is 12.1 Å². The Morgan fingerprint density at radius 2 is 2.23 bits per heavy atom. The van der Waals surface area contributed by atoms with E-state index in [2.05, 4.69) is 4.72 Å².